The predicted octanol–water partition coefficient (Wildman–Crippen LogP) is 4.12. The molecule has 0 saturated carbocycles. The normalized spacial score (nSPS) is 12.5. The van der Waals surface area contributed by atoms with Gasteiger partial charge in [-0.2, -0.15) is 0 Å². The molecule has 20 heavy (non-hydrogen) atoms. The van der Waals surface area contributed by atoms with Crippen molar-refractivity contribution in [3.05, 3.63) is 33.9 Å². The lowest BCUT2D eigenvalue weighted by Gasteiger charge is -2.18. The minimum absolute atomic E-state index is 0.127. The van der Waals surface area contributed by atoms with Gasteiger partial charge in [-0.05, 0) is 46.8 Å². The van der Waals surface area contributed by atoms with Gasteiger partial charge in [-0.3, -0.25) is 0 Å². The first kappa shape index (κ1) is 14.8. The largest absolute Gasteiger partial charge is 0.487 e. The van der Waals surface area contributed by atoms with Crippen LogP contribution in [-0.4, -0.2) is 16.1 Å². The highest BCUT2D eigenvalue weighted by Crippen LogP contribution is 2.30. The maximum atomic E-state index is 5.78. The average molecular weight is 291 g/mol. The fourth-order valence-corrected chi connectivity index (χ4v) is 3.00. The first-order chi connectivity index (χ1) is 9.47. The summed E-state index contributed by atoms with van der Waals surface area (Å²) in [5, 5.41) is 4.51. The lowest BCUT2D eigenvalue weighted by molar-refractivity contribution is 0.242. The summed E-state index contributed by atoms with van der Waals surface area (Å²) >= 11 is 1.72. The Morgan fingerprint density at radius 3 is 2.60 bits per heavy atom. The highest BCUT2D eigenvalue weighted by atomic mass is 32.1. The van der Waals surface area contributed by atoms with Crippen molar-refractivity contribution in [2.24, 2.45) is 0 Å². The minimum atomic E-state index is 0.127. The molecule has 2 aromatic heterocycles. The van der Waals surface area contributed by atoms with Gasteiger partial charge < -0.3 is 10.1 Å². The van der Waals surface area contributed by atoms with E-state index < -0.39 is 0 Å². The van der Waals surface area contributed by atoms with Crippen LogP contribution in [0, 0.1) is 13.8 Å². The van der Waals surface area contributed by atoms with E-state index in [1.807, 2.05) is 39.8 Å². The summed E-state index contributed by atoms with van der Waals surface area (Å²) in [4.78, 5) is 10.1. The number of thiazole rings is 1. The molecule has 0 fully saturated rings. The van der Waals surface area contributed by atoms with Crippen molar-refractivity contribution in [2.75, 3.05) is 5.32 Å². The second-order valence-corrected chi connectivity index (χ2v) is 6.30. The first-order valence-electron chi connectivity index (χ1n) is 6.79. The Bertz CT molecular complexity index is 580. The maximum absolute atomic E-state index is 5.78. The zero-order valence-corrected chi connectivity index (χ0v) is 13.4. The van der Waals surface area contributed by atoms with Gasteiger partial charge in [0.2, 0.25) is 0 Å². The van der Waals surface area contributed by atoms with Gasteiger partial charge in [-0.1, -0.05) is 0 Å². The van der Waals surface area contributed by atoms with Crippen molar-refractivity contribution in [1.29, 1.82) is 0 Å². The molecule has 0 aromatic carbocycles. The molecule has 2 rings (SSSR count). The first-order valence-corrected chi connectivity index (χ1v) is 7.61. The highest BCUT2D eigenvalue weighted by molar-refractivity contribution is 7.11. The van der Waals surface area contributed by atoms with Crippen LogP contribution in [0.25, 0.3) is 0 Å². The van der Waals surface area contributed by atoms with Gasteiger partial charge in [0.05, 0.1) is 22.8 Å². The van der Waals surface area contributed by atoms with Crippen molar-refractivity contribution in [1.82, 2.24) is 9.97 Å². The zero-order chi connectivity index (χ0) is 14.7. The van der Waals surface area contributed by atoms with E-state index >= 15 is 0 Å². The Morgan fingerprint density at radius 2 is 2.00 bits per heavy atom. The fraction of sp³-hybridized carbons (Fsp3) is 0.467. The summed E-state index contributed by atoms with van der Waals surface area (Å²) in [6.45, 7) is 10.2. The van der Waals surface area contributed by atoms with E-state index in [2.05, 4.69) is 22.2 Å². The number of ether oxygens (including phenoxy) is 1. The van der Waals surface area contributed by atoms with Crippen molar-refractivity contribution in [2.45, 2.75) is 46.8 Å². The van der Waals surface area contributed by atoms with Gasteiger partial charge in [0.25, 0.3) is 0 Å². The van der Waals surface area contributed by atoms with E-state index in [1.165, 1.54) is 4.88 Å². The van der Waals surface area contributed by atoms with Crippen LogP contribution in [-0.2, 0) is 0 Å². The van der Waals surface area contributed by atoms with Crippen molar-refractivity contribution < 1.29 is 4.74 Å². The number of anilines is 1. The van der Waals surface area contributed by atoms with Crippen LogP contribution in [0.15, 0.2) is 18.3 Å². The molecule has 0 amide bonds. The Morgan fingerprint density at radius 1 is 1.25 bits per heavy atom. The quantitative estimate of drug-likeness (QED) is 0.900. The van der Waals surface area contributed by atoms with Crippen LogP contribution >= 0.6 is 11.3 Å². The van der Waals surface area contributed by atoms with Gasteiger partial charge in [0, 0.05) is 11.1 Å². The van der Waals surface area contributed by atoms with Gasteiger partial charge in [0.1, 0.15) is 0 Å². The van der Waals surface area contributed by atoms with Crippen molar-refractivity contribution in [3.8, 4) is 5.75 Å². The molecule has 5 heteroatoms. The van der Waals surface area contributed by atoms with Gasteiger partial charge in [-0.25, -0.2) is 9.97 Å². The van der Waals surface area contributed by atoms with Crippen LogP contribution < -0.4 is 10.1 Å². The summed E-state index contributed by atoms with van der Waals surface area (Å²) in [5.74, 6) is 1.56. The third kappa shape index (κ3) is 3.48. The van der Waals surface area contributed by atoms with Gasteiger partial charge in [-0.15, -0.1) is 11.3 Å². The molecule has 108 valence electrons. The molecule has 2 aromatic rings. The molecule has 0 radical (unpaired) electrons. The number of hydrogen-bond donors (Lipinski definition) is 1. The molecule has 1 atom stereocenters. The summed E-state index contributed by atoms with van der Waals surface area (Å²) in [5.41, 5.74) is 1.08. The topological polar surface area (TPSA) is 47.0 Å². The van der Waals surface area contributed by atoms with Gasteiger partial charge >= 0.3 is 0 Å². The molecule has 0 aliphatic carbocycles. The third-order valence-electron chi connectivity index (χ3n) is 2.82. The Kier molecular flexibility index (Phi) is 4.60. The van der Waals surface area contributed by atoms with Crippen LogP contribution in [0.4, 0.5) is 5.82 Å². The third-order valence-corrected chi connectivity index (χ3v) is 4.07. The molecule has 2 heterocycles. The monoisotopic (exact) mass is 291 g/mol. The number of nitrogens with one attached hydrogen (secondary N) is 1. The number of rotatable bonds is 5. The fourth-order valence-electron chi connectivity index (χ4n) is 2.07. The zero-order valence-electron chi connectivity index (χ0n) is 12.6. The van der Waals surface area contributed by atoms with Gasteiger partial charge in [0.15, 0.2) is 11.6 Å². The molecular weight excluding hydrogens is 270 g/mol. The van der Waals surface area contributed by atoms with E-state index in [-0.39, 0.29) is 12.1 Å². The lowest BCUT2D eigenvalue weighted by atomic mass is 10.2. The summed E-state index contributed by atoms with van der Waals surface area (Å²) in [6, 6.07) is 3.98. The highest BCUT2D eigenvalue weighted by Gasteiger charge is 2.15. The van der Waals surface area contributed by atoms with Crippen LogP contribution in [0.1, 0.15) is 42.4 Å². The molecule has 0 spiro atoms. The van der Waals surface area contributed by atoms with Crippen molar-refractivity contribution >= 4 is 17.2 Å². The Hall–Kier alpha value is -1.62. The van der Waals surface area contributed by atoms with Crippen molar-refractivity contribution in [3.63, 3.8) is 0 Å². The SMILES string of the molecule is Cc1nc(C)c(C(C)Nc2ncccc2OC(C)C)s1. The second kappa shape index (κ2) is 6.22. The van der Waals surface area contributed by atoms with E-state index in [0.717, 1.165) is 22.3 Å². The molecule has 0 bridgehead atoms. The summed E-state index contributed by atoms with van der Waals surface area (Å²) in [7, 11) is 0. The number of aromatic nitrogens is 2. The van der Waals surface area contributed by atoms with Crippen LogP contribution in [0.3, 0.4) is 0 Å². The van der Waals surface area contributed by atoms with E-state index in [4.69, 9.17) is 4.74 Å². The lowest BCUT2D eigenvalue weighted by Crippen LogP contribution is -2.12. The second-order valence-electron chi connectivity index (χ2n) is 5.07. The number of aryl methyl sites for hydroxylation is 2. The number of hydrogen-bond acceptors (Lipinski definition) is 5. The molecule has 1 unspecified atom stereocenters. The average Bonchev–Trinajstić information content (AvgIpc) is 2.70. The molecule has 4 nitrogen and oxygen atoms in total. The smallest absolute Gasteiger partial charge is 0.169 e. The standard InChI is InChI=1S/C15H21N3OS/c1-9(2)19-13-7-6-8-16-15(13)18-11(4)14-10(3)17-12(5)20-14/h6-9,11H,1-5H3,(H,16,18). The van der Waals surface area contributed by atoms with Crippen LogP contribution in [0.5, 0.6) is 5.75 Å². The minimum Gasteiger partial charge on any atom is -0.487 e. The Balaban J connectivity index is 2.19. The molecular formula is C15H21N3OS. The summed E-state index contributed by atoms with van der Waals surface area (Å²) < 4.78 is 5.78. The van der Waals surface area contributed by atoms with E-state index in [0.29, 0.717) is 0 Å². The van der Waals surface area contributed by atoms with E-state index in [1.54, 1.807) is 17.5 Å². The van der Waals surface area contributed by atoms with E-state index in [9.17, 15) is 0 Å². The van der Waals surface area contributed by atoms with Crippen LogP contribution in [0.2, 0.25) is 0 Å². The molecule has 1 N–H and O–H groups in total. The molecule has 0 saturated heterocycles. The Labute approximate surface area is 124 Å². The number of nitrogens with zero attached hydrogens (tertiary/aromatic N) is 2. The summed E-state index contributed by atoms with van der Waals surface area (Å²) in [6.07, 6.45) is 1.90. The predicted molar refractivity (Wildman–Crippen MR) is 83.6 cm³/mol. The number of pyridine rings is 1. The molecule has 0 aliphatic heterocycles. The maximum Gasteiger partial charge on any atom is 0.169 e. The molecule has 0 aliphatic rings.